The van der Waals surface area contributed by atoms with Gasteiger partial charge in [-0.2, -0.15) is 0 Å². The molecule has 0 aromatic heterocycles. The summed E-state index contributed by atoms with van der Waals surface area (Å²) in [6.45, 7) is 8.22. The molecule has 1 saturated heterocycles. The molecule has 0 bridgehead atoms. The third-order valence-electron chi connectivity index (χ3n) is 7.79. The molecule has 0 aromatic carbocycles. The van der Waals surface area contributed by atoms with Crippen LogP contribution in [-0.4, -0.2) is 43.0 Å². The van der Waals surface area contributed by atoms with Crippen molar-refractivity contribution in [3.63, 3.8) is 0 Å². The Morgan fingerprint density at radius 3 is 2.09 bits per heavy atom. The van der Waals surface area contributed by atoms with E-state index >= 15 is 0 Å². The van der Waals surface area contributed by atoms with Crippen molar-refractivity contribution in [3.8, 4) is 0 Å². The Bertz CT molecular complexity index is 618. The number of hydrogen-bond donors (Lipinski definition) is 1. The number of hydrogen-bond acceptors (Lipinski definition) is 5. The lowest BCUT2D eigenvalue weighted by atomic mass is 9.72. The molecule has 1 N–H and O–H groups in total. The Hall–Kier alpha value is -1.30. The summed E-state index contributed by atoms with van der Waals surface area (Å²) in [5.41, 5.74) is -0.628. The molecule has 2 saturated carbocycles. The van der Waals surface area contributed by atoms with Crippen molar-refractivity contribution in [2.24, 2.45) is 23.7 Å². The van der Waals surface area contributed by atoms with Crippen LogP contribution in [0.15, 0.2) is 0 Å². The minimum Gasteiger partial charge on any atom is -0.461 e. The highest BCUT2D eigenvalue weighted by Crippen LogP contribution is 2.39. The van der Waals surface area contributed by atoms with Gasteiger partial charge in [0.15, 0.2) is 6.04 Å². The topological polar surface area (TPSA) is 73.9 Å². The van der Waals surface area contributed by atoms with E-state index in [0.29, 0.717) is 18.4 Å². The highest BCUT2D eigenvalue weighted by atomic mass is 16.6. The number of ether oxygens (including phenoxy) is 3. The molecule has 0 radical (unpaired) electrons. The van der Waals surface area contributed by atoms with Gasteiger partial charge in [0.05, 0.1) is 6.61 Å². The van der Waals surface area contributed by atoms with Gasteiger partial charge in [0.25, 0.3) is 0 Å². The monoisotopic (exact) mass is 465 g/mol. The van der Waals surface area contributed by atoms with E-state index < -0.39 is 23.7 Å². The molecule has 4 atom stereocenters. The second kappa shape index (κ2) is 12.4. The zero-order chi connectivity index (χ0) is 23.8. The maximum absolute atomic E-state index is 13.0. The second-order valence-corrected chi connectivity index (χ2v) is 11.8. The van der Waals surface area contributed by atoms with Crippen molar-refractivity contribution in [3.05, 3.63) is 0 Å². The fourth-order valence-electron chi connectivity index (χ4n) is 6.10. The van der Waals surface area contributed by atoms with Crippen LogP contribution >= 0.6 is 0 Å². The first-order chi connectivity index (χ1) is 15.7. The van der Waals surface area contributed by atoms with Crippen LogP contribution in [0.25, 0.3) is 0 Å². The first kappa shape index (κ1) is 26.3. The largest absolute Gasteiger partial charge is 0.461 e. The maximum atomic E-state index is 13.0. The first-order valence-corrected chi connectivity index (χ1v) is 13.5. The van der Waals surface area contributed by atoms with E-state index in [4.69, 9.17) is 14.2 Å². The van der Waals surface area contributed by atoms with Gasteiger partial charge in [0.2, 0.25) is 0 Å². The summed E-state index contributed by atoms with van der Waals surface area (Å²) in [6.07, 6.45) is 14.7. The van der Waals surface area contributed by atoms with Crippen LogP contribution in [0.4, 0.5) is 4.79 Å². The SMILES string of the molecule is C[C@@H]1OC(=O)[C@@H](NC(=O)OC(C)(C)C)COC[C@H](CC2CCCCC2)[C@H]1CC1CCCCC1. The van der Waals surface area contributed by atoms with E-state index in [-0.39, 0.29) is 12.7 Å². The van der Waals surface area contributed by atoms with Crippen LogP contribution in [0.5, 0.6) is 0 Å². The fraction of sp³-hybridized carbons (Fsp3) is 0.926. The van der Waals surface area contributed by atoms with E-state index in [1.54, 1.807) is 20.8 Å². The summed E-state index contributed by atoms with van der Waals surface area (Å²) in [4.78, 5) is 25.3. The van der Waals surface area contributed by atoms with Crippen LogP contribution in [0.2, 0.25) is 0 Å². The van der Waals surface area contributed by atoms with Crippen LogP contribution in [0.1, 0.15) is 105 Å². The Kier molecular flexibility index (Phi) is 9.90. The zero-order valence-corrected chi connectivity index (χ0v) is 21.4. The van der Waals surface area contributed by atoms with Gasteiger partial charge in [-0.05, 0) is 58.3 Å². The predicted molar refractivity (Wildman–Crippen MR) is 129 cm³/mol. The lowest BCUT2D eigenvalue weighted by molar-refractivity contribution is -0.154. The second-order valence-electron chi connectivity index (χ2n) is 11.8. The summed E-state index contributed by atoms with van der Waals surface area (Å²) in [7, 11) is 0. The van der Waals surface area contributed by atoms with Gasteiger partial charge in [0, 0.05) is 12.5 Å². The third-order valence-corrected chi connectivity index (χ3v) is 7.79. The molecule has 6 heteroatoms. The lowest BCUT2D eigenvalue weighted by Gasteiger charge is -2.36. The molecule has 1 heterocycles. The Balaban J connectivity index is 1.70. The lowest BCUT2D eigenvalue weighted by Crippen LogP contribution is -2.47. The highest BCUT2D eigenvalue weighted by molar-refractivity contribution is 5.81. The number of rotatable bonds is 5. The number of cyclic esters (lactones) is 1. The summed E-state index contributed by atoms with van der Waals surface area (Å²) < 4.78 is 17.5. The van der Waals surface area contributed by atoms with Gasteiger partial charge in [-0.25, -0.2) is 9.59 Å². The summed E-state index contributed by atoms with van der Waals surface area (Å²) in [5, 5.41) is 2.67. The minimum atomic E-state index is -0.842. The van der Waals surface area contributed by atoms with Crippen molar-refractivity contribution in [2.45, 2.75) is 122 Å². The van der Waals surface area contributed by atoms with E-state index in [1.165, 1.54) is 64.2 Å². The third kappa shape index (κ3) is 8.77. The van der Waals surface area contributed by atoms with Gasteiger partial charge in [0.1, 0.15) is 11.7 Å². The molecule has 0 unspecified atom stereocenters. The number of alkyl carbamates (subject to hydrolysis) is 1. The average molecular weight is 466 g/mol. The van der Waals surface area contributed by atoms with E-state index in [1.807, 2.05) is 0 Å². The molecule has 0 spiro atoms. The van der Waals surface area contributed by atoms with Gasteiger partial charge < -0.3 is 19.5 Å². The van der Waals surface area contributed by atoms with Crippen molar-refractivity contribution in [2.75, 3.05) is 13.2 Å². The van der Waals surface area contributed by atoms with Gasteiger partial charge in [-0.15, -0.1) is 0 Å². The average Bonchev–Trinajstić information content (AvgIpc) is 2.80. The first-order valence-electron chi connectivity index (χ1n) is 13.5. The number of nitrogens with one attached hydrogen (secondary N) is 1. The molecule has 3 fully saturated rings. The molecule has 3 rings (SSSR count). The van der Waals surface area contributed by atoms with Gasteiger partial charge >= 0.3 is 12.1 Å². The summed E-state index contributed by atoms with van der Waals surface area (Å²) in [5.74, 6) is 1.74. The standard InChI is InChI=1S/C27H47NO5/c1-19-23(16-21-13-9-6-10-14-21)22(15-20-11-7-5-8-12-20)17-31-18-24(25(29)32-19)28-26(30)33-27(2,3)4/h19-24H,5-18H2,1-4H3,(H,28,30)/t19-,22-,23-,24-/m0/s1. The number of carbonyl (C=O) groups is 2. The number of carbonyl (C=O) groups excluding carboxylic acids is 2. The molecule has 0 aromatic rings. The summed E-state index contributed by atoms with van der Waals surface area (Å²) in [6, 6.07) is -0.842. The van der Waals surface area contributed by atoms with Gasteiger partial charge in [-0.1, -0.05) is 64.2 Å². The Morgan fingerprint density at radius 2 is 1.52 bits per heavy atom. The van der Waals surface area contributed by atoms with Crippen molar-refractivity contribution in [1.29, 1.82) is 0 Å². The minimum absolute atomic E-state index is 0.127. The number of esters is 1. The molecule has 33 heavy (non-hydrogen) atoms. The van der Waals surface area contributed by atoms with Crippen LogP contribution in [-0.2, 0) is 19.0 Å². The molecular formula is C27H47NO5. The Morgan fingerprint density at radius 1 is 0.939 bits per heavy atom. The van der Waals surface area contributed by atoms with Crippen molar-refractivity contribution in [1.82, 2.24) is 5.32 Å². The highest BCUT2D eigenvalue weighted by Gasteiger charge is 2.37. The molecule has 2 aliphatic carbocycles. The quantitative estimate of drug-likeness (QED) is 0.503. The normalized spacial score (nSPS) is 31.1. The van der Waals surface area contributed by atoms with Crippen LogP contribution in [0.3, 0.4) is 0 Å². The van der Waals surface area contributed by atoms with E-state index in [2.05, 4.69) is 12.2 Å². The molecular weight excluding hydrogens is 418 g/mol. The van der Waals surface area contributed by atoms with Crippen LogP contribution < -0.4 is 5.32 Å². The van der Waals surface area contributed by atoms with Gasteiger partial charge in [-0.3, -0.25) is 0 Å². The number of amides is 1. The molecule has 1 amide bonds. The molecule has 6 nitrogen and oxygen atoms in total. The molecule has 190 valence electrons. The zero-order valence-electron chi connectivity index (χ0n) is 21.4. The predicted octanol–water partition coefficient (Wildman–Crippen LogP) is 6.01. The summed E-state index contributed by atoms with van der Waals surface area (Å²) >= 11 is 0. The maximum Gasteiger partial charge on any atom is 0.408 e. The molecule has 1 aliphatic heterocycles. The Labute approximate surface area is 200 Å². The molecule has 3 aliphatic rings. The van der Waals surface area contributed by atoms with E-state index in [9.17, 15) is 9.59 Å². The van der Waals surface area contributed by atoms with Crippen molar-refractivity contribution < 1.29 is 23.8 Å². The fourth-order valence-corrected chi connectivity index (χ4v) is 6.10. The van der Waals surface area contributed by atoms with Crippen molar-refractivity contribution >= 4 is 12.1 Å². The van der Waals surface area contributed by atoms with Crippen LogP contribution in [0, 0.1) is 23.7 Å². The van der Waals surface area contributed by atoms with E-state index in [0.717, 1.165) is 24.7 Å². The smallest absolute Gasteiger partial charge is 0.408 e.